The van der Waals surface area contributed by atoms with E-state index in [9.17, 15) is 4.79 Å². The lowest BCUT2D eigenvalue weighted by Crippen LogP contribution is -2.27. The van der Waals surface area contributed by atoms with Gasteiger partial charge in [0.2, 0.25) is 5.91 Å². The van der Waals surface area contributed by atoms with Crippen LogP contribution in [0, 0.1) is 13.8 Å². The SMILES string of the molecule is Cc1ccc2c(CC(=O)NCCc3ccnnc3)coc2c1C. The van der Waals surface area contributed by atoms with Crippen LogP contribution in [0.25, 0.3) is 11.0 Å². The number of nitrogens with one attached hydrogen (secondary N) is 1. The Kier molecular flexibility index (Phi) is 4.37. The molecule has 0 fully saturated rings. The zero-order valence-electron chi connectivity index (χ0n) is 13.3. The smallest absolute Gasteiger partial charge is 0.224 e. The van der Waals surface area contributed by atoms with Crippen molar-refractivity contribution in [2.24, 2.45) is 0 Å². The van der Waals surface area contributed by atoms with Gasteiger partial charge in [-0.25, -0.2) is 0 Å². The van der Waals surface area contributed by atoms with Gasteiger partial charge in [-0.2, -0.15) is 10.2 Å². The Labute approximate surface area is 134 Å². The van der Waals surface area contributed by atoms with Crippen molar-refractivity contribution in [3.8, 4) is 0 Å². The minimum absolute atomic E-state index is 0.00653. The highest BCUT2D eigenvalue weighted by atomic mass is 16.3. The molecule has 0 saturated heterocycles. The number of furan rings is 1. The van der Waals surface area contributed by atoms with Crippen LogP contribution in [0.15, 0.2) is 41.3 Å². The average Bonchev–Trinajstić information content (AvgIpc) is 2.95. The quantitative estimate of drug-likeness (QED) is 0.787. The van der Waals surface area contributed by atoms with Gasteiger partial charge < -0.3 is 9.73 Å². The first-order valence-corrected chi connectivity index (χ1v) is 7.63. The highest BCUT2D eigenvalue weighted by Gasteiger charge is 2.12. The molecule has 23 heavy (non-hydrogen) atoms. The predicted molar refractivity (Wildman–Crippen MR) is 88.1 cm³/mol. The Balaban J connectivity index is 1.61. The molecule has 0 saturated carbocycles. The molecule has 1 N–H and O–H groups in total. The number of hydrogen-bond acceptors (Lipinski definition) is 4. The third kappa shape index (κ3) is 3.39. The zero-order valence-corrected chi connectivity index (χ0v) is 13.3. The lowest BCUT2D eigenvalue weighted by Gasteiger charge is -2.05. The van der Waals surface area contributed by atoms with Crippen molar-refractivity contribution in [1.29, 1.82) is 0 Å². The van der Waals surface area contributed by atoms with E-state index >= 15 is 0 Å². The van der Waals surface area contributed by atoms with E-state index in [1.807, 2.05) is 19.1 Å². The lowest BCUT2D eigenvalue weighted by molar-refractivity contribution is -0.120. The maximum Gasteiger partial charge on any atom is 0.224 e. The first-order chi connectivity index (χ1) is 11.1. The maximum absolute atomic E-state index is 12.1. The summed E-state index contributed by atoms with van der Waals surface area (Å²) in [7, 11) is 0. The summed E-state index contributed by atoms with van der Waals surface area (Å²) in [6.07, 6.45) is 6.11. The minimum Gasteiger partial charge on any atom is -0.464 e. The fraction of sp³-hybridized carbons (Fsp3) is 0.278. The Bertz CT molecular complexity index is 825. The van der Waals surface area contributed by atoms with Gasteiger partial charge in [-0.15, -0.1) is 0 Å². The number of aryl methyl sites for hydroxylation is 2. The van der Waals surface area contributed by atoms with E-state index in [1.165, 1.54) is 5.56 Å². The second-order valence-corrected chi connectivity index (χ2v) is 5.67. The molecule has 0 bridgehead atoms. The van der Waals surface area contributed by atoms with E-state index < -0.39 is 0 Å². The van der Waals surface area contributed by atoms with Gasteiger partial charge in [0.1, 0.15) is 5.58 Å². The normalized spacial score (nSPS) is 10.9. The number of benzene rings is 1. The molecule has 5 heteroatoms. The largest absolute Gasteiger partial charge is 0.464 e. The number of fused-ring (bicyclic) bond motifs is 1. The molecule has 3 aromatic rings. The Morgan fingerprint density at radius 1 is 1.22 bits per heavy atom. The maximum atomic E-state index is 12.1. The van der Waals surface area contributed by atoms with Crippen LogP contribution in [0.2, 0.25) is 0 Å². The summed E-state index contributed by atoms with van der Waals surface area (Å²) in [5, 5.41) is 11.5. The standard InChI is InChI=1S/C18H19N3O2/c1-12-3-4-16-15(11-23-18(16)13(12)2)9-17(22)19-7-5-14-6-8-20-21-10-14/h3-4,6,8,10-11H,5,7,9H2,1-2H3,(H,19,22). The van der Waals surface area contributed by atoms with Crippen LogP contribution >= 0.6 is 0 Å². The molecule has 2 heterocycles. The topological polar surface area (TPSA) is 68.0 Å². The molecule has 0 atom stereocenters. The summed E-state index contributed by atoms with van der Waals surface area (Å²) in [4.78, 5) is 12.1. The third-order valence-corrected chi connectivity index (χ3v) is 4.07. The summed E-state index contributed by atoms with van der Waals surface area (Å²) < 4.78 is 5.64. The van der Waals surface area contributed by atoms with Crippen LogP contribution in [-0.4, -0.2) is 22.6 Å². The second kappa shape index (κ2) is 6.60. The monoisotopic (exact) mass is 309 g/mol. The number of hydrogen-bond donors (Lipinski definition) is 1. The molecular weight excluding hydrogens is 290 g/mol. The molecular formula is C18H19N3O2. The van der Waals surface area contributed by atoms with Crippen LogP contribution in [0.4, 0.5) is 0 Å². The highest BCUT2D eigenvalue weighted by molar-refractivity contribution is 5.89. The first-order valence-electron chi connectivity index (χ1n) is 7.63. The Morgan fingerprint density at radius 3 is 2.87 bits per heavy atom. The molecule has 0 radical (unpaired) electrons. The van der Waals surface area contributed by atoms with Crippen LogP contribution in [-0.2, 0) is 17.6 Å². The molecule has 3 rings (SSSR count). The fourth-order valence-electron chi connectivity index (χ4n) is 2.57. The van der Waals surface area contributed by atoms with Gasteiger partial charge in [0, 0.05) is 23.7 Å². The van der Waals surface area contributed by atoms with Crippen molar-refractivity contribution in [3.63, 3.8) is 0 Å². The molecule has 1 amide bonds. The van der Waals surface area contributed by atoms with Gasteiger partial charge in [-0.05, 0) is 43.0 Å². The van der Waals surface area contributed by atoms with Crippen molar-refractivity contribution < 1.29 is 9.21 Å². The predicted octanol–water partition coefficient (Wildman–Crippen LogP) is 2.74. The number of carbonyl (C=O) groups excluding carboxylic acids is 1. The van der Waals surface area contributed by atoms with Crippen molar-refractivity contribution in [3.05, 3.63) is 59.1 Å². The van der Waals surface area contributed by atoms with E-state index in [0.29, 0.717) is 13.0 Å². The summed E-state index contributed by atoms with van der Waals surface area (Å²) in [5.41, 5.74) is 5.16. The molecule has 0 aliphatic heterocycles. The van der Waals surface area contributed by atoms with Crippen molar-refractivity contribution in [2.75, 3.05) is 6.54 Å². The number of amides is 1. The summed E-state index contributed by atoms with van der Waals surface area (Å²) >= 11 is 0. The van der Waals surface area contributed by atoms with Gasteiger partial charge in [0.05, 0.1) is 18.9 Å². The van der Waals surface area contributed by atoms with E-state index in [0.717, 1.165) is 34.1 Å². The summed E-state index contributed by atoms with van der Waals surface area (Å²) in [5.74, 6) is -0.00653. The Morgan fingerprint density at radius 2 is 2.09 bits per heavy atom. The molecule has 2 aromatic heterocycles. The van der Waals surface area contributed by atoms with Crippen molar-refractivity contribution >= 4 is 16.9 Å². The molecule has 5 nitrogen and oxygen atoms in total. The summed E-state index contributed by atoms with van der Waals surface area (Å²) in [6.45, 7) is 4.67. The van der Waals surface area contributed by atoms with E-state index in [1.54, 1.807) is 18.7 Å². The molecule has 118 valence electrons. The lowest BCUT2D eigenvalue weighted by atomic mass is 10.0. The Hall–Kier alpha value is -2.69. The van der Waals surface area contributed by atoms with Crippen LogP contribution in [0.1, 0.15) is 22.3 Å². The van der Waals surface area contributed by atoms with Gasteiger partial charge in [-0.1, -0.05) is 12.1 Å². The number of aromatic nitrogens is 2. The number of rotatable bonds is 5. The average molecular weight is 309 g/mol. The molecule has 0 spiro atoms. The number of carbonyl (C=O) groups is 1. The molecule has 0 aliphatic carbocycles. The van der Waals surface area contributed by atoms with E-state index in [-0.39, 0.29) is 5.91 Å². The van der Waals surface area contributed by atoms with Gasteiger partial charge in [-0.3, -0.25) is 4.79 Å². The van der Waals surface area contributed by atoms with E-state index in [4.69, 9.17) is 4.42 Å². The zero-order chi connectivity index (χ0) is 16.2. The highest BCUT2D eigenvalue weighted by Crippen LogP contribution is 2.26. The second-order valence-electron chi connectivity index (χ2n) is 5.67. The first kappa shape index (κ1) is 15.2. The summed E-state index contributed by atoms with van der Waals surface area (Å²) in [6, 6.07) is 5.98. The van der Waals surface area contributed by atoms with Gasteiger partial charge >= 0.3 is 0 Å². The minimum atomic E-state index is -0.00653. The molecule has 1 aromatic carbocycles. The van der Waals surface area contributed by atoms with Gasteiger partial charge in [0.15, 0.2) is 0 Å². The third-order valence-electron chi connectivity index (χ3n) is 4.07. The number of nitrogens with zero attached hydrogens (tertiary/aromatic N) is 2. The molecule has 0 aliphatic rings. The van der Waals surface area contributed by atoms with E-state index in [2.05, 4.69) is 28.5 Å². The van der Waals surface area contributed by atoms with Crippen LogP contribution in [0.5, 0.6) is 0 Å². The molecule has 0 unspecified atom stereocenters. The van der Waals surface area contributed by atoms with Crippen LogP contribution in [0.3, 0.4) is 0 Å². The van der Waals surface area contributed by atoms with Crippen LogP contribution < -0.4 is 5.32 Å². The van der Waals surface area contributed by atoms with Crippen molar-refractivity contribution in [1.82, 2.24) is 15.5 Å². The van der Waals surface area contributed by atoms with Gasteiger partial charge in [0.25, 0.3) is 0 Å². The van der Waals surface area contributed by atoms with Crippen molar-refractivity contribution in [2.45, 2.75) is 26.7 Å². The fourth-order valence-corrected chi connectivity index (χ4v) is 2.57.